The Morgan fingerprint density at radius 1 is 0.456 bits per heavy atom. The fraction of sp³-hybridized carbons (Fsp3) is 0.400. The highest BCUT2D eigenvalue weighted by atomic mass is 16.6. The van der Waals surface area contributed by atoms with Crippen molar-refractivity contribution < 1.29 is 57.0 Å². The van der Waals surface area contributed by atoms with Crippen LogP contribution in [0.5, 0.6) is 17.2 Å². The van der Waals surface area contributed by atoms with Crippen LogP contribution < -0.4 is 14.2 Å². The molecule has 0 heterocycles. The van der Waals surface area contributed by atoms with E-state index in [1.54, 1.807) is 39.0 Å². The average Bonchev–Trinajstić information content (AvgIpc) is 3.22. The number of esters is 3. The lowest BCUT2D eigenvalue weighted by Gasteiger charge is -2.19. The standard InChI is InChI=1S/C45H56O12/c1-4-51-43(46)25-16-36-10-19-39(20-11-36)54-30-7-28-49-34-42(57-33-9-32-56-41-23-14-38(15-24-41)18-27-45(48)53-6-3)35-50-29-8-31-55-40-21-12-37(13-22-40)17-26-44(47)52-5-2/h10-27,42H,4-9,28-35H2,1-3H3. The average molecular weight is 789 g/mol. The zero-order valence-corrected chi connectivity index (χ0v) is 33.3. The van der Waals surface area contributed by atoms with Crippen LogP contribution in [-0.4, -0.2) is 96.7 Å². The maximum atomic E-state index is 11.5. The van der Waals surface area contributed by atoms with Crippen LogP contribution in [0.1, 0.15) is 56.7 Å². The van der Waals surface area contributed by atoms with E-state index >= 15 is 0 Å². The predicted octanol–water partition coefficient (Wildman–Crippen LogP) is 7.54. The summed E-state index contributed by atoms with van der Waals surface area (Å²) in [6.07, 6.45) is 11.1. The maximum Gasteiger partial charge on any atom is 0.330 e. The lowest BCUT2D eigenvalue weighted by Crippen LogP contribution is -2.27. The van der Waals surface area contributed by atoms with Gasteiger partial charge in [0.05, 0.1) is 59.5 Å². The first-order valence-electron chi connectivity index (χ1n) is 19.4. The molecule has 0 bridgehead atoms. The van der Waals surface area contributed by atoms with Crippen LogP contribution in [-0.2, 0) is 42.8 Å². The quantitative estimate of drug-likeness (QED) is 0.0298. The number of hydrogen-bond acceptors (Lipinski definition) is 12. The summed E-state index contributed by atoms with van der Waals surface area (Å²) in [5, 5.41) is 0. The molecule has 12 heteroatoms. The summed E-state index contributed by atoms with van der Waals surface area (Å²) in [4.78, 5) is 34.6. The van der Waals surface area contributed by atoms with Crippen LogP contribution in [0.25, 0.3) is 18.2 Å². The summed E-state index contributed by atoms with van der Waals surface area (Å²) in [7, 11) is 0. The minimum Gasteiger partial charge on any atom is -0.494 e. The molecule has 0 aliphatic heterocycles. The Labute approximate surface area is 336 Å². The van der Waals surface area contributed by atoms with E-state index in [2.05, 4.69) is 0 Å². The zero-order valence-electron chi connectivity index (χ0n) is 33.3. The largest absolute Gasteiger partial charge is 0.494 e. The van der Waals surface area contributed by atoms with Crippen molar-refractivity contribution in [1.82, 2.24) is 0 Å². The second-order valence-corrected chi connectivity index (χ2v) is 12.2. The molecule has 308 valence electrons. The van der Waals surface area contributed by atoms with Gasteiger partial charge in [-0.1, -0.05) is 36.4 Å². The van der Waals surface area contributed by atoms with Gasteiger partial charge in [-0.05, 0) is 92.1 Å². The first-order valence-corrected chi connectivity index (χ1v) is 19.4. The molecule has 0 radical (unpaired) electrons. The second-order valence-electron chi connectivity index (χ2n) is 12.2. The van der Waals surface area contributed by atoms with Crippen molar-refractivity contribution in [3.63, 3.8) is 0 Å². The van der Waals surface area contributed by atoms with Crippen molar-refractivity contribution >= 4 is 36.1 Å². The molecule has 0 aromatic heterocycles. The molecular formula is C45H56O12. The van der Waals surface area contributed by atoms with Gasteiger partial charge in [0.2, 0.25) is 0 Å². The van der Waals surface area contributed by atoms with Crippen molar-refractivity contribution in [1.29, 1.82) is 0 Å². The molecule has 57 heavy (non-hydrogen) atoms. The van der Waals surface area contributed by atoms with Crippen molar-refractivity contribution in [2.75, 3.05) is 72.7 Å². The summed E-state index contributed by atoms with van der Waals surface area (Å²) in [5.41, 5.74) is 2.61. The Kier molecular flexibility index (Phi) is 23.3. The summed E-state index contributed by atoms with van der Waals surface area (Å²) in [6, 6.07) is 22.4. The van der Waals surface area contributed by atoms with Crippen LogP contribution in [0.2, 0.25) is 0 Å². The van der Waals surface area contributed by atoms with Crippen LogP contribution in [0, 0.1) is 0 Å². The number of hydrogen-bond donors (Lipinski definition) is 0. The predicted molar refractivity (Wildman–Crippen MR) is 218 cm³/mol. The lowest BCUT2D eigenvalue weighted by atomic mass is 10.2. The molecule has 3 aromatic carbocycles. The summed E-state index contributed by atoms with van der Waals surface area (Å²) in [5.74, 6) is 1.05. The van der Waals surface area contributed by atoms with E-state index in [0.717, 1.165) is 33.9 Å². The van der Waals surface area contributed by atoms with Gasteiger partial charge in [0, 0.05) is 50.7 Å². The summed E-state index contributed by atoms with van der Waals surface area (Å²) in [6.45, 7) is 9.88. The Bertz CT molecular complexity index is 1560. The molecule has 0 unspecified atom stereocenters. The minimum absolute atomic E-state index is 0.275. The molecule has 0 spiro atoms. The van der Waals surface area contributed by atoms with Gasteiger partial charge >= 0.3 is 17.9 Å². The Morgan fingerprint density at radius 2 is 0.772 bits per heavy atom. The van der Waals surface area contributed by atoms with Crippen molar-refractivity contribution in [2.45, 2.75) is 46.1 Å². The maximum absolute atomic E-state index is 11.5. The number of ether oxygens (including phenoxy) is 9. The molecule has 0 saturated heterocycles. The molecule has 0 fully saturated rings. The second kappa shape index (κ2) is 28.9. The van der Waals surface area contributed by atoms with Gasteiger partial charge < -0.3 is 42.6 Å². The number of carbonyl (C=O) groups excluding carboxylic acids is 3. The normalized spacial score (nSPS) is 11.8. The van der Waals surface area contributed by atoms with E-state index in [1.165, 1.54) is 18.2 Å². The highest BCUT2D eigenvalue weighted by Gasteiger charge is 2.11. The minimum atomic E-state index is -0.376. The van der Waals surface area contributed by atoms with Gasteiger partial charge in [0.1, 0.15) is 23.4 Å². The molecule has 0 amide bonds. The molecule has 0 N–H and O–H groups in total. The van der Waals surface area contributed by atoms with Gasteiger partial charge in [-0.3, -0.25) is 0 Å². The van der Waals surface area contributed by atoms with Gasteiger partial charge in [-0.25, -0.2) is 14.4 Å². The van der Waals surface area contributed by atoms with Crippen LogP contribution in [0.4, 0.5) is 0 Å². The lowest BCUT2D eigenvalue weighted by molar-refractivity contribution is -0.138. The van der Waals surface area contributed by atoms with E-state index in [-0.39, 0.29) is 24.0 Å². The van der Waals surface area contributed by atoms with Crippen LogP contribution >= 0.6 is 0 Å². The molecule has 3 rings (SSSR count). The third-order valence-electron chi connectivity index (χ3n) is 7.66. The van der Waals surface area contributed by atoms with Gasteiger partial charge in [-0.15, -0.1) is 0 Å². The van der Waals surface area contributed by atoms with Gasteiger partial charge in [-0.2, -0.15) is 0 Å². The summed E-state index contributed by atoms with van der Waals surface area (Å²) >= 11 is 0. The monoisotopic (exact) mass is 788 g/mol. The Morgan fingerprint density at radius 3 is 1.09 bits per heavy atom. The molecular weight excluding hydrogens is 732 g/mol. The fourth-order valence-electron chi connectivity index (χ4n) is 4.86. The molecule has 12 nitrogen and oxygen atoms in total. The third kappa shape index (κ3) is 21.5. The van der Waals surface area contributed by atoms with E-state index in [0.29, 0.717) is 91.9 Å². The number of rotatable bonds is 29. The first kappa shape index (κ1) is 46.0. The van der Waals surface area contributed by atoms with Gasteiger partial charge in [0.25, 0.3) is 0 Å². The van der Waals surface area contributed by atoms with E-state index in [4.69, 9.17) is 42.6 Å². The first-order chi connectivity index (χ1) is 27.9. The van der Waals surface area contributed by atoms with Crippen molar-refractivity contribution in [2.24, 2.45) is 0 Å². The Balaban J connectivity index is 1.37. The highest BCUT2D eigenvalue weighted by molar-refractivity contribution is 5.88. The molecule has 3 aromatic rings. The van der Waals surface area contributed by atoms with Crippen molar-refractivity contribution in [3.8, 4) is 17.2 Å². The molecule has 0 saturated carbocycles. The molecule has 0 aliphatic carbocycles. The summed E-state index contributed by atoms with van der Waals surface area (Å²) < 4.78 is 50.3. The van der Waals surface area contributed by atoms with Crippen LogP contribution in [0.3, 0.4) is 0 Å². The highest BCUT2D eigenvalue weighted by Crippen LogP contribution is 2.16. The fourth-order valence-corrected chi connectivity index (χ4v) is 4.86. The van der Waals surface area contributed by atoms with Crippen LogP contribution in [0.15, 0.2) is 91.0 Å². The van der Waals surface area contributed by atoms with Crippen molar-refractivity contribution in [3.05, 3.63) is 108 Å². The smallest absolute Gasteiger partial charge is 0.330 e. The van der Waals surface area contributed by atoms with Gasteiger partial charge in [0.15, 0.2) is 0 Å². The Hall–Kier alpha value is -5.43. The topological polar surface area (TPSA) is 134 Å². The van der Waals surface area contributed by atoms with E-state index < -0.39 is 0 Å². The molecule has 0 atom stereocenters. The SMILES string of the molecule is CCOC(=O)C=Cc1ccc(OCCCOCC(COCCCOc2ccc(C=CC(=O)OCC)cc2)OCCCOc2ccc(C=CC(=O)OCC)cc2)cc1. The number of carbonyl (C=O) groups is 3. The number of benzene rings is 3. The van der Waals surface area contributed by atoms with E-state index in [9.17, 15) is 14.4 Å². The zero-order chi connectivity index (χ0) is 40.8. The van der Waals surface area contributed by atoms with E-state index in [1.807, 2.05) is 72.8 Å². The molecule has 0 aliphatic rings. The third-order valence-corrected chi connectivity index (χ3v) is 7.66.